The van der Waals surface area contributed by atoms with Crippen molar-refractivity contribution < 1.29 is 23.9 Å². The van der Waals surface area contributed by atoms with E-state index in [0.29, 0.717) is 23.8 Å². The van der Waals surface area contributed by atoms with Gasteiger partial charge in [-0.2, -0.15) is 10.1 Å². The first-order valence-electron chi connectivity index (χ1n) is 9.99. The van der Waals surface area contributed by atoms with Gasteiger partial charge in [-0.25, -0.2) is 9.69 Å². The zero-order valence-corrected chi connectivity index (χ0v) is 17.4. The number of anilines is 2. The normalized spacial score (nSPS) is 20.0. The number of imide groups is 2. The maximum absolute atomic E-state index is 13.1. The molecule has 0 saturated carbocycles. The van der Waals surface area contributed by atoms with Crippen molar-refractivity contribution in [3.8, 4) is 5.75 Å². The van der Waals surface area contributed by atoms with Crippen molar-refractivity contribution >= 4 is 40.8 Å². The second-order valence-electron chi connectivity index (χ2n) is 7.11. The van der Waals surface area contributed by atoms with Crippen LogP contribution in [0.3, 0.4) is 0 Å². The van der Waals surface area contributed by atoms with Crippen LogP contribution in [0.5, 0.6) is 5.75 Å². The number of para-hydroxylation sites is 1. The molecule has 2 heterocycles. The number of hydrazone groups is 1. The Morgan fingerprint density at radius 2 is 1.69 bits per heavy atom. The minimum absolute atomic E-state index is 0.267. The molecule has 1 N–H and O–H groups in total. The number of carbonyl (C=O) groups excluding carboxylic acids is 4. The maximum Gasteiger partial charge on any atom is 0.335 e. The van der Waals surface area contributed by atoms with Crippen molar-refractivity contribution in [1.82, 2.24) is 5.32 Å². The van der Waals surface area contributed by atoms with E-state index < -0.39 is 29.7 Å². The van der Waals surface area contributed by atoms with E-state index in [9.17, 15) is 19.2 Å². The van der Waals surface area contributed by atoms with Gasteiger partial charge in [0.1, 0.15) is 11.3 Å². The quantitative estimate of drug-likeness (QED) is 0.577. The molecule has 162 valence electrons. The molecule has 0 unspecified atom stereocenters. The number of urea groups is 1. The van der Waals surface area contributed by atoms with Crippen molar-refractivity contribution in [3.05, 3.63) is 66.2 Å². The minimum Gasteiger partial charge on any atom is -0.494 e. The van der Waals surface area contributed by atoms with Crippen LogP contribution >= 0.6 is 0 Å². The fourth-order valence-corrected chi connectivity index (χ4v) is 3.46. The van der Waals surface area contributed by atoms with Gasteiger partial charge >= 0.3 is 6.03 Å². The van der Waals surface area contributed by atoms with E-state index in [-0.39, 0.29) is 11.3 Å². The number of hydrogen-bond donors (Lipinski definition) is 1. The Morgan fingerprint density at radius 3 is 2.34 bits per heavy atom. The Labute approximate surface area is 183 Å². The molecule has 4 rings (SSSR count). The summed E-state index contributed by atoms with van der Waals surface area (Å²) in [7, 11) is 0. The van der Waals surface area contributed by atoms with Crippen LogP contribution in [0.4, 0.5) is 16.2 Å². The molecule has 5 amide bonds. The summed E-state index contributed by atoms with van der Waals surface area (Å²) in [6.07, 6.45) is 1.26. The van der Waals surface area contributed by atoms with E-state index in [1.165, 1.54) is 11.1 Å². The van der Waals surface area contributed by atoms with Gasteiger partial charge < -0.3 is 4.74 Å². The van der Waals surface area contributed by atoms with E-state index in [2.05, 4.69) is 10.4 Å². The fourth-order valence-electron chi connectivity index (χ4n) is 3.46. The van der Waals surface area contributed by atoms with Gasteiger partial charge in [0.15, 0.2) is 0 Å². The molecule has 0 spiro atoms. The van der Waals surface area contributed by atoms with Crippen LogP contribution in [0.25, 0.3) is 0 Å². The first kappa shape index (κ1) is 21.0. The van der Waals surface area contributed by atoms with E-state index in [1.807, 2.05) is 13.0 Å². The Hall–Kier alpha value is -4.27. The number of barbiturate groups is 1. The molecule has 2 aliphatic rings. The van der Waals surface area contributed by atoms with Gasteiger partial charge in [-0.05, 0) is 56.3 Å². The SMILES string of the molecule is CCOc1ccc(N2C(=O)NC(=O)/C(=C/[C@@H]3C(=O)N(c4ccccc4)N=C3C)C2=O)cc1. The van der Waals surface area contributed by atoms with Gasteiger partial charge in [0.2, 0.25) is 0 Å². The Balaban J connectivity index is 1.63. The lowest BCUT2D eigenvalue weighted by atomic mass is 9.98. The van der Waals surface area contributed by atoms with Crippen molar-refractivity contribution in [2.24, 2.45) is 11.0 Å². The number of hydrogen-bond acceptors (Lipinski definition) is 6. The standard InChI is InChI=1S/C23H20N4O5/c1-3-32-17-11-9-15(10-12-17)26-21(29)19(20(28)24-23(26)31)13-18-14(2)25-27(22(18)30)16-7-5-4-6-8-16/h4-13,18H,3H2,1-2H3,(H,24,28,31)/b19-13-/t18-/m0/s1. The van der Waals surface area contributed by atoms with Crippen LogP contribution in [0.1, 0.15) is 13.8 Å². The van der Waals surface area contributed by atoms with E-state index in [0.717, 1.165) is 4.90 Å². The van der Waals surface area contributed by atoms with Gasteiger partial charge in [-0.15, -0.1) is 0 Å². The molecule has 0 radical (unpaired) electrons. The highest BCUT2D eigenvalue weighted by Crippen LogP contribution is 2.28. The van der Waals surface area contributed by atoms with Gasteiger partial charge in [-0.1, -0.05) is 18.2 Å². The van der Waals surface area contributed by atoms with Crippen LogP contribution in [-0.2, 0) is 14.4 Å². The summed E-state index contributed by atoms with van der Waals surface area (Å²) in [5.41, 5.74) is 0.963. The molecule has 2 aromatic rings. The summed E-state index contributed by atoms with van der Waals surface area (Å²) in [6, 6.07) is 14.3. The zero-order chi connectivity index (χ0) is 22.8. The van der Waals surface area contributed by atoms with Crippen LogP contribution < -0.4 is 20.0 Å². The monoisotopic (exact) mass is 432 g/mol. The fraction of sp³-hybridized carbons (Fsp3) is 0.174. The lowest BCUT2D eigenvalue weighted by molar-refractivity contribution is -0.122. The van der Waals surface area contributed by atoms with Crippen LogP contribution in [0, 0.1) is 5.92 Å². The number of nitrogens with zero attached hydrogens (tertiary/aromatic N) is 3. The lowest BCUT2D eigenvalue weighted by Gasteiger charge is -2.26. The molecular weight excluding hydrogens is 412 g/mol. The molecule has 9 nitrogen and oxygen atoms in total. The predicted molar refractivity (Wildman–Crippen MR) is 117 cm³/mol. The number of amides is 5. The summed E-state index contributed by atoms with van der Waals surface area (Å²) in [4.78, 5) is 51.7. The third-order valence-electron chi connectivity index (χ3n) is 5.02. The van der Waals surface area contributed by atoms with Crippen molar-refractivity contribution in [1.29, 1.82) is 0 Å². The molecule has 1 saturated heterocycles. The Kier molecular flexibility index (Phi) is 5.55. The average molecular weight is 432 g/mol. The zero-order valence-electron chi connectivity index (χ0n) is 17.4. The second-order valence-corrected chi connectivity index (χ2v) is 7.11. The van der Waals surface area contributed by atoms with Crippen molar-refractivity contribution in [2.45, 2.75) is 13.8 Å². The molecule has 32 heavy (non-hydrogen) atoms. The lowest BCUT2D eigenvalue weighted by Crippen LogP contribution is -2.54. The number of ether oxygens (including phenoxy) is 1. The molecule has 1 fully saturated rings. The van der Waals surface area contributed by atoms with Gasteiger partial charge in [0.25, 0.3) is 17.7 Å². The van der Waals surface area contributed by atoms with Gasteiger partial charge in [0.05, 0.1) is 29.6 Å². The third kappa shape index (κ3) is 3.76. The first-order valence-corrected chi connectivity index (χ1v) is 9.99. The van der Waals surface area contributed by atoms with Crippen molar-refractivity contribution in [2.75, 3.05) is 16.5 Å². The summed E-state index contributed by atoms with van der Waals surface area (Å²) >= 11 is 0. The summed E-state index contributed by atoms with van der Waals surface area (Å²) < 4.78 is 5.37. The maximum atomic E-state index is 13.1. The molecule has 2 aromatic carbocycles. The van der Waals surface area contributed by atoms with Gasteiger partial charge in [0, 0.05) is 0 Å². The molecule has 0 aromatic heterocycles. The van der Waals surface area contributed by atoms with Crippen LogP contribution in [0.2, 0.25) is 0 Å². The molecule has 9 heteroatoms. The second kappa shape index (κ2) is 8.46. The number of carbonyl (C=O) groups is 4. The largest absolute Gasteiger partial charge is 0.494 e. The highest BCUT2D eigenvalue weighted by Gasteiger charge is 2.40. The van der Waals surface area contributed by atoms with Crippen LogP contribution in [0.15, 0.2) is 71.3 Å². The summed E-state index contributed by atoms with van der Waals surface area (Å²) in [6.45, 7) is 3.95. The van der Waals surface area contributed by atoms with E-state index in [4.69, 9.17) is 4.74 Å². The van der Waals surface area contributed by atoms with E-state index in [1.54, 1.807) is 55.5 Å². The van der Waals surface area contributed by atoms with Gasteiger partial charge in [-0.3, -0.25) is 19.7 Å². The predicted octanol–water partition coefficient (Wildman–Crippen LogP) is 2.63. The number of rotatable bonds is 5. The topological polar surface area (TPSA) is 108 Å². The Morgan fingerprint density at radius 1 is 1.00 bits per heavy atom. The molecule has 0 aliphatic carbocycles. The summed E-state index contributed by atoms with van der Waals surface area (Å²) in [5, 5.41) is 7.67. The average Bonchev–Trinajstić information content (AvgIpc) is 3.06. The molecule has 0 bridgehead atoms. The highest BCUT2D eigenvalue weighted by atomic mass is 16.5. The van der Waals surface area contributed by atoms with E-state index >= 15 is 0 Å². The van der Waals surface area contributed by atoms with Crippen molar-refractivity contribution in [3.63, 3.8) is 0 Å². The molecule has 2 aliphatic heterocycles. The number of benzene rings is 2. The number of nitrogens with one attached hydrogen (secondary N) is 1. The Bertz CT molecular complexity index is 1150. The third-order valence-corrected chi connectivity index (χ3v) is 5.02. The van der Waals surface area contributed by atoms with Crippen LogP contribution in [-0.4, -0.2) is 36.1 Å². The summed E-state index contributed by atoms with van der Waals surface area (Å²) in [5.74, 6) is -2.40. The smallest absolute Gasteiger partial charge is 0.335 e. The molecular formula is C23H20N4O5. The molecule has 1 atom stereocenters. The minimum atomic E-state index is -0.907. The highest BCUT2D eigenvalue weighted by molar-refractivity contribution is 6.38. The first-order chi connectivity index (χ1) is 15.4.